The monoisotopic (exact) mass is 284 g/mol. The minimum absolute atomic E-state index is 0.133. The minimum Gasteiger partial charge on any atom is -0.463 e. The van der Waals surface area contributed by atoms with E-state index in [1.165, 1.54) is 12.7 Å². The van der Waals surface area contributed by atoms with Crippen molar-refractivity contribution in [1.82, 2.24) is 9.97 Å². The molecule has 1 heterocycles. The average Bonchev–Trinajstić information content (AvgIpc) is 2.53. The van der Waals surface area contributed by atoms with Crippen LogP contribution in [0.25, 0.3) is 0 Å². The van der Waals surface area contributed by atoms with Gasteiger partial charge in [-0.3, -0.25) is 4.79 Å². The second-order valence-corrected chi connectivity index (χ2v) is 4.54. The normalized spacial score (nSPS) is 10.1. The van der Waals surface area contributed by atoms with Crippen LogP contribution in [0.15, 0.2) is 42.6 Å². The predicted molar refractivity (Wildman–Crippen MR) is 76.6 cm³/mol. The Morgan fingerprint density at radius 2 is 1.86 bits per heavy atom. The van der Waals surface area contributed by atoms with Crippen molar-refractivity contribution in [3.63, 3.8) is 0 Å². The van der Waals surface area contributed by atoms with Crippen LogP contribution in [0.2, 0.25) is 0 Å². The Labute approximate surface area is 123 Å². The Hall–Kier alpha value is -2.56. The summed E-state index contributed by atoms with van der Waals surface area (Å²) in [5, 5.41) is 0. The van der Waals surface area contributed by atoms with Crippen LogP contribution >= 0.6 is 0 Å². The van der Waals surface area contributed by atoms with E-state index in [0.717, 1.165) is 18.5 Å². The van der Waals surface area contributed by atoms with Crippen LogP contribution in [-0.4, -0.2) is 28.8 Å². The number of nitrogens with zero attached hydrogens (tertiary/aromatic N) is 2. The molecular weight excluding hydrogens is 268 g/mol. The number of aromatic nitrogens is 2. The first-order valence-corrected chi connectivity index (χ1v) is 6.65. The molecule has 0 bridgehead atoms. The van der Waals surface area contributed by atoms with Crippen LogP contribution in [0.3, 0.4) is 0 Å². The summed E-state index contributed by atoms with van der Waals surface area (Å²) in [5.74, 6) is -1.16. The number of hydrogen-bond acceptors (Lipinski definition) is 5. The van der Waals surface area contributed by atoms with Crippen LogP contribution in [0, 0.1) is 0 Å². The number of rotatable bonds is 6. The van der Waals surface area contributed by atoms with Crippen molar-refractivity contribution >= 4 is 11.8 Å². The molecule has 5 nitrogen and oxygen atoms in total. The summed E-state index contributed by atoms with van der Waals surface area (Å²) in [5.41, 5.74) is 2.07. The number of aryl methyl sites for hydroxylation is 2. The highest BCUT2D eigenvalue weighted by Gasteiger charge is 2.16. The Morgan fingerprint density at radius 1 is 1.10 bits per heavy atom. The topological polar surface area (TPSA) is 69.2 Å². The molecule has 1 aromatic heterocycles. The molecular formula is C16H16N2O3. The van der Waals surface area contributed by atoms with Gasteiger partial charge in [0.25, 0.3) is 0 Å². The van der Waals surface area contributed by atoms with E-state index < -0.39 is 11.8 Å². The van der Waals surface area contributed by atoms with Gasteiger partial charge in [0.15, 0.2) is 0 Å². The molecule has 0 atom stereocenters. The van der Waals surface area contributed by atoms with Crippen LogP contribution in [-0.2, 0) is 33.6 Å². The molecule has 0 fully saturated rings. The molecule has 0 saturated heterocycles. The van der Waals surface area contributed by atoms with Gasteiger partial charge in [-0.15, -0.1) is 0 Å². The van der Waals surface area contributed by atoms with E-state index in [2.05, 4.69) is 26.8 Å². The molecule has 108 valence electrons. The van der Waals surface area contributed by atoms with Crippen molar-refractivity contribution in [2.75, 3.05) is 7.11 Å². The highest BCUT2D eigenvalue weighted by Crippen LogP contribution is 2.05. The van der Waals surface area contributed by atoms with E-state index in [-0.39, 0.29) is 6.42 Å². The van der Waals surface area contributed by atoms with Gasteiger partial charge in [0, 0.05) is 11.9 Å². The number of carbonyl (C=O) groups is 2. The molecule has 0 aliphatic carbocycles. The standard InChI is InChI=1S/C16H16N2O3/c1-21-16(20)14(19)11-15-17-10-9-13(18-15)8-7-12-5-3-2-4-6-12/h2-6,9-10H,7-8,11H2,1H3. The van der Waals surface area contributed by atoms with Gasteiger partial charge >= 0.3 is 5.97 Å². The summed E-state index contributed by atoms with van der Waals surface area (Å²) < 4.78 is 4.38. The highest BCUT2D eigenvalue weighted by atomic mass is 16.5. The summed E-state index contributed by atoms with van der Waals surface area (Å²) in [4.78, 5) is 30.9. The number of ether oxygens (including phenoxy) is 1. The number of benzene rings is 1. The maximum atomic E-state index is 11.5. The quantitative estimate of drug-likeness (QED) is 0.594. The molecule has 0 aliphatic heterocycles. The first-order valence-electron chi connectivity index (χ1n) is 6.65. The Morgan fingerprint density at radius 3 is 2.57 bits per heavy atom. The lowest BCUT2D eigenvalue weighted by molar-refractivity contribution is -0.151. The molecule has 0 radical (unpaired) electrons. The molecule has 0 saturated carbocycles. The zero-order valence-electron chi connectivity index (χ0n) is 11.8. The third-order valence-electron chi connectivity index (χ3n) is 3.01. The van der Waals surface area contributed by atoms with Gasteiger partial charge in [-0.25, -0.2) is 14.8 Å². The summed E-state index contributed by atoms with van der Waals surface area (Å²) in [6, 6.07) is 11.9. The fourth-order valence-electron chi connectivity index (χ4n) is 1.91. The van der Waals surface area contributed by atoms with Gasteiger partial charge in [0.2, 0.25) is 5.78 Å². The summed E-state index contributed by atoms with van der Waals surface area (Å²) in [7, 11) is 1.18. The van der Waals surface area contributed by atoms with E-state index >= 15 is 0 Å². The van der Waals surface area contributed by atoms with Crippen molar-refractivity contribution in [3.05, 3.63) is 59.7 Å². The molecule has 5 heteroatoms. The third-order valence-corrected chi connectivity index (χ3v) is 3.01. The van der Waals surface area contributed by atoms with Gasteiger partial charge < -0.3 is 4.74 Å². The number of carbonyl (C=O) groups excluding carboxylic acids is 2. The van der Waals surface area contributed by atoms with Crippen molar-refractivity contribution in [1.29, 1.82) is 0 Å². The summed E-state index contributed by atoms with van der Waals surface area (Å²) >= 11 is 0. The van der Waals surface area contributed by atoms with Crippen molar-refractivity contribution in [2.45, 2.75) is 19.3 Å². The molecule has 0 spiro atoms. The van der Waals surface area contributed by atoms with E-state index in [1.54, 1.807) is 6.20 Å². The van der Waals surface area contributed by atoms with Crippen LogP contribution in [0.1, 0.15) is 17.1 Å². The van der Waals surface area contributed by atoms with Gasteiger partial charge in [-0.05, 0) is 24.5 Å². The Kier molecular flexibility index (Phi) is 5.15. The Bertz CT molecular complexity index is 626. The minimum atomic E-state index is -0.867. The van der Waals surface area contributed by atoms with Crippen molar-refractivity contribution in [2.24, 2.45) is 0 Å². The zero-order chi connectivity index (χ0) is 15.1. The number of esters is 1. The second-order valence-electron chi connectivity index (χ2n) is 4.54. The number of ketones is 1. The maximum absolute atomic E-state index is 11.5. The van der Waals surface area contributed by atoms with Crippen molar-refractivity contribution in [3.8, 4) is 0 Å². The second kappa shape index (κ2) is 7.28. The fraction of sp³-hybridized carbons (Fsp3) is 0.250. The number of Topliss-reactive ketones (excluding diaryl/α,β-unsaturated/α-hetero) is 1. The third kappa shape index (κ3) is 4.49. The Balaban J connectivity index is 1.98. The maximum Gasteiger partial charge on any atom is 0.374 e. The molecule has 2 aromatic rings. The molecule has 0 N–H and O–H groups in total. The molecule has 21 heavy (non-hydrogen) atoms. The number of methoxy groups -OCH3 is 1. The van der Waals surface area contributed by atoms with Gasteiger partial charge in [0.1, 0.15) is 5.82 Å². The molecule has 0 aliphatic rings. The van der Waals surface area contributed by atoms with Crippen LogP contribution in [0.4, 0.5) is 0 Å². The smallest absolute Gasteiger partial charge is 0.374 e. The molecule has 2 rings (SSSR count). The summed E-state index contributed by atoms with van der Waals surface area (Å²) in [6.07, 6.45) is 3.09. The predicted octanol–water partition coefficient (Wildman–Crippen LogP) is 1.55. The van der Waals surface area contributed by atoms with Crippen LogP contribution < -0.4 is 0 Å². The van der Waals surface area contributed by atoms with E-state index in [4.69, 9.17) is 0 Å². The van der Waals surface area contributed by atoms with Gasteiger partial charge in [-0.1, -0.05) is 30.3 Å². The molecule has 1 aromatic carbocycles. The lowest BCUT2D eigenvalue weighted by atomic mass is 10.1. The molecule has 0 amide bonds. The van der Waals surface area contributed by atoms with Gasteiger partial charge in [0.05, 0.1) is 13.5 Å². The largest absolute Gasteiger partial charge is 0.463 e. The van der Waals surface area contributed by atoms with Crippen LogP contribution in [0.5, 0.6) is 0 Å². The lowest BCUT2D eigenvalue weighted by Crippen LogP contribution is -2.19. The average molecular weight is 284 g/mol. The van der Waals surface area contributed by atoms with E-state index in [9.17, 15) is 9.59 Å². The molecule has 0 unspecified atom stereocenters. The first-order chi connectivity index (χ1) is 10.2. The first kappa shape index (κ1) is 14.8. The van der Waals surface area contributed by atoms with E-state index in [0.29, 0.717) is 5.82 Å². The number of hydrogen-bond donors (Lipinski definition) is 0. The van der Waals surface area contributed by atoms with Gasteiger partial charge in [-0.2, -0.15) is 0 Å². The highest BCUT2D eigenvalue weighted by molar-refractivity contribution is 6.33. The fourth-order valence-corrected chi connectivity index (χ4v) is 1.91. The lowest BCUT2D eigenvalue weighted by Gasteiger charge is -2.03. The SMILES string of the molecule is COC(=O)C(=O)Cc1nccc(CCc2ccccc2)n1. The summed E-state index contributed by atoms with van der Waals surface area (Å²) in [6.45, 7) is 0. The van der Waals surface area contributed by atoms with Crippen molar-refractivity contribution < 1.29 is 14.3 Å². The zero-order valence-corrected chi connectivity index (χ0v) is 11.8. The van der Waals surface area contributed by atoms with E-state index in [1.807, 2.05) is 24.3 Å².